The van der Waals surface area contributed by atoms with Crippen molar-refractivity contribution in [2.45, 2.75) is 19.8 Å². The fourth-order valence-corrected chi connectivity index (χ4v) is 1.53. The zero-order chi connectivity index (χ0) is 12.3. The molecular formula is C16H21N. The highest BCUT2D eigenvalue weighted by Gasteiger charge is 1.84. The van der Waals surface area contributed by atoms with Gasteiger partial charge in [0.05, 0.1) is 0 Å². The van der Waals surface area contributed by atoms with Gasteiger partial charge in [-0.25, -0.2) is 0 Å². The molecule has 0 fully saturated rings. The summed E-state index contributed by atoms with van der Waals surface area (Å²) in [6, 6.07) is 20.7. The van der Waals surface area contributed by atoms with Crippen molar-refractivity contribution >= 4 is 0 Å². The Balaban J connectivity index is 0.000000171. The minimum absolute atomic E-state index is 0.740. The van der Waals surface area contributed by atoms with Gasteiger partial charge in [0.15, 0.2) is 0 Å². The van der Waals surface area contributed by atoms with E-state index in [4.69, 9.17) is 5.73 Å². The van der Waals surface area contributed by atoms with Gasteiger partial charge in [0.1, 0.15) is 0 Å². The Hall–Kier alpha value is -1.60. The van der Waals surface area contributed by atoms with Crippen molar-refractivity contribution in [1.29, 1.82) is 0 Å². The Morgan fingerprint density at radius 2 is 1.24 bits per heavy atom. The molecule has 0 heterocycles. The van der Waals surface area contributed by atoms with E-state index >= 15 is 0 Å². The first kappa shape index (κ1) is 13.5. The zero-order valence-electron chi connectivity index (χ0n) is 10.5. The summed E-state index contributed by atoms with van der Waals surface area (Å²) >= 11 is 0. The second-order valence-corrected chi connectivity index (χ2v) is 3.86. The lowest BCUT2D eigenvalue weighted by Crippen LogP contribution is -2.01. The summed E-state index contributed by atoms with van der Waals surface area (Å²) in [5.41, 5.74) is 8.09. The monoisotopic (exact) mass is 227 g/mol. The largest absolute Gasteiger partial charge is 0.330 e. The normalized spacial score (nSPS) is 9.29. The number of rotatable bonds is 3. The third-order valence-corrected chi connectivity index (χ3v) is 2.53. The lowest BCUT2D eigenvalue weighted by atomic mass is 10.2. The van der Waals surface area contributed by atoms with Crippen LogP contribution in [0.2, 0.25) is 0 Å². The summed E-state index contributed by atoms with van der Waals surface area (Å²) in [6.45, 7) is 2.90. The van der Waals surface area contributed by atoms with Crippen molar-refractivity contribution in [1.82, 2.24) is 0 Å². The van der Waals surface area contributed by atoms with Gasteiger partial charge >= 0.3 is 0 Å². The van der Waals surface area contributed by atoms with Gasteiger partial charge in [-0.1, -0.05) is 67.6 Å². The fourth-order valence-electron chi connectivity index (χ4n) is 1.53. The molecule has 90 valence electrons. The van der Waals surface area contributed by atoms with Crippen molar-refractivity contribution in [3.8, 4) is 0 Å². The molecular weight excluding hydrogens is 206 g/mol. The topological polar surface area (TPSA) is 26.0 Å². The Labute approximate surface area is 104 Å². The molecule has 2 aromatic rings. The van der Waals surface area contributed by atoms with Gasteiger partial charge in [-0.15, -0.1) is 0 Å². The maximum absolute atomic E-state index is 5.36. The van der Waals surface area contributed by atoms with E-state index in [-0.39, 0.29) is 0 Å². The SMILES string of the molecule is CCc1ccccc1.NCCc1ccccc1. The van der Waals surface area contributed by atoms with Crippen LogP contribution < -0.4 is 5.73 Å². The first-order valence-corrected chi connectivity index (χ1v) is 6.14. The van der Waals surface area contributed by atoms with Crippen LogP contribution in [0.25, 0.3) is 0 Å². The van der Waals surface area contributed by atoms with Crippen LogP contribution in [0.1, 0.15) is 18.1 Å². The third-order valence-electron chi connectivity index (χ3n) is 2.53. The Morgan fingerprint density at radius 3 is 1.59 bits per heavy atom. The van der Waals surface area contributed by atoms with Crippen molar-refractivity contribution in [3.63, 3.8) is 0 Å². The second-order valence-electron chi connectivity index (χ2n) is 3.86. The third kappa shape index (κ3) is 5.88. The van der Waals surface area contributed by atoms with E-state index in [1.165, 1.54) is 11.1 Å². The molecule has 2 rings (SSSR count). The lowest BCUT2D eigenvalue weighted by Gasteiger charge is -1.93. The molecule has 0 saturated heterocycles. The highest BCUT2D eigenvalue weighted by Crippen LogP contribution is 1.97. The quantitative estimate of drug-likeness (QED) is 0.854. The molecule has 17 heavy (non-hydrogen) atoms. The minimum Gasteiger partial charge on any atom is -0.330 e. The average Bonchev–Trinajstić information content (AvgIpc) is 2.42. The molecule has 0 unspecified atom stereocenters. The molecule has 0 bridgehead atoms. The second kappa shape index (κ2) is 8.54. The first-order valence-electron chi connectivity index (χ1n) is 6.14. The van der Waals surface area contributed by atoms with E-state index in [2.05, 4.69) is 43.3 Å². The smallest absolute Gasteiger partial charge is 0.00367 e. The minimum atomic E-state index is 0.740. The number of nitrogens with two attached hydrogens (primary N) is 1. The molecule has 1 heteroatoms. The van der Waals surface area contributed by atoms with Crippen LogP contribution in [0.15, 0.2) is 60.7 Å². The predicted molar refractivity (Wildman–Crippen MR) is 75.0 cm³/mol. The lowest BCUT2D eigenvalue weighted by molar-refractivity contribution is 0.969. The summed E-state index contributed by atoms with van der Waals surface area (Å²) in [4.78, 5) is 0. The van der Waals surface area contributed by atoms with Gasteiger partial charge in [-0.3, -0.25) is 0 Å². The number of hydrogen-bond donors (Lipinski definition) is 1. The maximum atomic E-state index is 5.36. The van der Waals surface area contributed by atoms with Crippen molar-refractivity contribution in [2.24, 2.45) is 5.73 Å². The summed E-state index contributed by atoms with van der Waals surface area (Å²) in [5.74, 6) is 0. The molecule has 0 aliphatic carbocycles. The van der Waals surface area contributed by atoms with Gasteiger partial charge in [0, 0.05) is 0 Å². The molecule has 2 N–H and O–H groups in total. The van der Waals surface area contributed by atoms with Crippen LogP contribution in [0.3, 0.4) is 0 Å². The van der Waals surface area contributed by atoms with E-state index in [9.17, 15) is 0 Å². The van der Waals surface area contributed by atoms with Gasteiger partial charge in [-0.05, 0) is 30.5 Å². The Bertz CT molecular complexity index is 381. The summed E-state index contributed by atoms with van der Waals surface area (Å²) < 4.78 is 0. The molecule has 0 atom stereocenters. The van der Waals surface area contributed by atoms with Crippen molar-refractivity contribution < 1.29 is 0 Å². The van der Waals surface area contributed by atoms with Gasteiger partial charge in [0.2, 0.25) is 0 Å². The summed E-state index contributed by atoms with van der Waals surface area (Å²) in [7, 11) is 0. The Morgan fingerprint density at radius 1 is 0.765 bits per heavy atom. The molecule has 0 radical (unpaired) electrons. The highest BCUT2D eigenvalue weighted by atomic mass is 14.5. The van der Waals surface area contributed by atoms with Crippen LogP contribution >= 0.6 is 0 Å². The summed E-state index contributed by atoms with van der Waals surface area (Å²) in [5, 5.41) is 0. The molecule has 2 aromatic carbocycles. The van der Waals surface area contributed by atoms with E-state index < -0.39 is 0 Å². The molecule has 0 aliphatic rings. The Kier molecular flexibility index (Phi) is 6.76. The average molecular weight is 227 g/mol. The molecule has 0 spiro atoms. The van der Waals surface area contributed by atoms with Gasteiger partial charge < -0.3 is 5.73 Å². The van der Waals surface area contributed by atoms with Crippen molar-refractivity contribution in [2.75, 3.05) is 6.54 Å². The van der Waals surface area contributed by atoms with E-state index in [1.54, 1.807) is 0 Å². The molecule has 0 aliphatic heterocycles. The van der Waals surface area contributed by atoms with E-state index in [0.717, 1.165) is 19.4 Å². The van der Waals surface area contributed by atoms with Crippen LogP contribution in [-0.4, -0.2) is 6.54 Å². The van der Waals surface area contributed by atoms with E-state index in [0.29, 0.717) is 0 Å². The molecule has 1 nitrogen and oxygen atoms in total. The number of hydrogen-bond acceptors (Lipinski definition) is 1. The van der Waals surface area contributed by atoms with E-state index in [1.807, 2.05) is 24.3 Å². The molecule has 0 amide bonds. The standard InChI is InChI=1S/C8H11N.C8H10/c9-7-6-8-4-2-1-3-5-8;1-2-8-6-4-3-5-7-8/h1-5H,6-7,9H2;3-7H,2H2,1H3. The maximum Gasteiger partial charge on any atom is -0.00367 e. The molecule has 0 aromatic heterocycles. The fraction of sp³-hybridized carbons (Fsp3) is 0.250. The highest BCUT2D eigenvalue weighted by molar-refractivity contribution is 5.15. The zero-order valence-corrected chi connectivity index (χ0v) is 10.5. The number of aryl methyl sites for hydroxylation is 1. The van der Waals surface area contributed by atoms with Crippen molar-refractivity contribution in [3.05, 3.63) is 71.8 Å². The van der Waals surface area contributed by atoms with Crippen LogP contribution in [0.4, 0.5) is 0 Å². The first-order chi connectivity index (χ1) is 8.36. The molecule has 0 saturated carbocycles. The van der Waals surface area contributed by atoms with Gasteiger partial charge in [-0.2, -0.15) is 0 Å². The summed E-state index contributed by atoms with van der Waals surface area (Å²) in [6.07, 6.45) is 2.13. The van der Waals surface area contributed by atoms with Crippen LogP contribution in [-0.2, 0) is 12.8 Å². The van der Waals surface area contributed by atoms with Gasteiger partial charge in [0.25, 0.3) is 0 Å². The van der Waals surface area contributed by atoms with Crippen LogP contribution in [0.5, 0.6) is 0 Å². The van der Waals surface area contributed by atoms with Crippen LogP contribution in [0, 0.1) is 0 Å². The predicted octanol–water partition coefficient (Wildman–Crippen LogP) is 3.44. The number of benzene rings is 2.